The van der Waals surface area contributed by atoms with E-state index in [-0.39, 0.29) is 29.5 Å². The summed E-state index contributed by atoms with van der Waals surface area (Å²) in [5, 5.41) is 18.0. The number of carbonyl (C=O) groups is 2. The van der Waals surface area contributed by atoms with Crippen LogP contribution in [0.5, 0.6) is 5.75 Å². The van der Waals surface area contributed by atoms with Gasteiger partial charge in [-0.3, -0.25) is 19.7 Å². The van der Waals surface area contributed by atoms with E-state index in [9.17, 15) is 24.1 Å². The van der Waals surface area contributed by atoms with Crippen molar-refractivity contribution in [3.63, 3.8) is 0 Å². The largest absolute Gasteiger partial charge is 0.482 e. The molecule has 186 valence electrons. The third-order valence-corrected chi connectivity index (χ3v) is 5.15. The van der Waals surface area contributed by atoms with Gasteiger partial charge in [-0.25, -0.2) is 9.82 Å². The predicted molar refractivity (Wildman–Crippen MR) is 132 cm³/mol. The number of nitrogens with zero attached hydrogens (tertiary/aromatic N) is 2. The minimum atomic E-state index is -0.914. The minimum Gasteiger partial charge on any atom is -0.482 e. The van der Waals surface area contributed by atoms with Crippen molar-refractivity contribution in [3.05, 3.63) is 105 Å². The molecule has 3 rings (SSSR count). The molecule has 0 bridgehead atoms. The van der Waals surface area contributed by atoms with Crippen molar-refractivity contribution in [3.8, 4) is 5.75 Å². The molecule has 0 fully saturated rings. The van der Waals surface area contributed by atoms with Crippen molar-refractivity contribution in [1.82, 2.24) is 10.7 Å². The summed E-state index contributed by atoms with van der Waals surface area (Å²) in [6.45, 7) is 3.66. The number of rotatable bonds is 10. The molecule has 0 saturated carbocycles. The van der Waals surface area contributed by atoms with Crippen LogP contribution in [-0.2, 0) is 11.4 Å². The molecule has 0 spiro atoms. The van der Waals surface area contributed by atoms with Crippen LogP contribution in [0.15, 0.2) is 77.9 Å². The molecule has 36 heavy (non-hydrogen) atoms. The molecule has 3 aromatic carbocycles. The number of nitro benzene ring substituents is 1. The maximum absolute atomic E-state index is 13.1. The lowest BCUT2D eigenvalue weighted by Gasteiger charge is -2.20. The number of halogens is 1. The van der Waals surface area contributed by atoms with E-state index >= 15 is 0 Å². The van der Waals surface area contributed by atoms with Gasteiger partial charge in [0.15, 0.2) is 5.75 Å². The van der Waals surface area contributed by atoms with Crippen LogP contribution in [0.2, 0.25) is 0 Å². The van der Waals surface area contributed by atoms with Crippen LogP contribution in [0.4, 0.5) is 10.1 Å². The fourth-order valence-corrected chi connectivity index (χ4v) is 3.22. The molecule has 9 nitrogen and oxygen atoms in total. The van der Waals surface area contributed by atoms with Gasteiger partial charge < -0.3 is 10.1 Å². The summed E-state index contributed by atoms with van der Waals surface area (Å²) in [6, 6.07) is 17.6. The van der Waals surface area contributed by atoms with Crippen LogP contribution in [-0.4, -0.2) is 29.0 Å². The van der Waals surface area contributed by atoms with E-state index in [1.165, 1.54) is 30.5 Å². The van der Waals surface area contributed by atoms with Crippen LogP contribution >= 0.6 is 0 Å². The number of nitro groups is 1. The molecule has 0 heterocycles. The van der Waals surface area contributed by atoms with Crippen LogP contribution in [0.25, 0.3) is 0 Å². The molecule has 0 aromatic heterocycles. The molecule has 3 aromatic rings. The number of hydrogen-bond donors (Lipinski definition) is 2. The Morgan fingerprint density at radius 2 is 1.78 bits per heavy atom. The third kappa shape index (κ3) is 7.20. The summed E-state index contributed by atoms with van der Waals surface area (Å²) in [5.41, 5.74) is 3.54. The average Bonchev–Trinajstić information content (AvgIpc) is 2.87. The SMILES string of the molecule is CC(C)C(NC(=O)c1ccc(F)cc1)C(=O)NN=Cc1ccc(OCc2ccccc2)c([N+](=O)[O-])c1. The van der Waals surface area contributed by atoms with E-state index in [0.717, 1.165) is 17.7 Å². The molecule has 0 aliphatic carbocycles. The van der Waals surface area contributed by atoms with Gasteiger partial charge in [0.25, 0.3) is 11.8 Å². The van der Waals surface area contributed by atoms with E-state index in [4.69, 9.17) is 4.74 Å². The predicted octanol–water partition coefficient (Wildman–Crippen LogP) is 4.22. The smallest absolute Gasteiger partial charge is 0.311 e. The van der Waals surface area contributed by atoms with Crippen LogP contribution < -0.4 is 15.5 Å². The molecular formula is C26H25FN4O5. The van der Waals surface area contributed by atoms with Crippen molar-refractivity contribution < 1.29 is 23.6 Å². The lowest BCUT2D eigenvalue weighted by molar-refractivity contribution is -0.385. The highest BCUT2D eigenvalue weighted by atomic mass is 19.1. The lowest BCUT2D eigenvalue weighted by Crippen LogP contribution is -2.48. The van der Waals surface area contributed by atoms with E-state index in [1.807, 2.05) is 30.3 Å². The maximum atomic E-state index is 13.1. The Balaban J connectivity index is 1.64. The molecule has 1 unspecified atom stereocenters. The number of hydrazone groups is 1. The van der Waals surface area contributed by atoms with Crippen molar-refractivity contribution in [1.29, 1.82) is 0 Å². The molecule has 0 aliphatic rings. The summed E-state index contributed by atoms with van der Waals surface area (Å²) in [4.78, 5) is 36.0. The first-order chi connectivity index (χ1) is 17.2. The number of amides is 2. The summed E-state index contributed by atoms with van der Waals surface area (Å²) >= 11 is 0. The third-order valence-electron chi connectivity index (χ3n) is 5.15. The van der Waals surface area contributed by atoms with E-state index in [2.05, 4.69) is 15.8 Å². The zero-order valence-electron chi connectivity index (χ0n) is 19.7. The zero-order chi connectivity index (χ0) is 26.1. The first-order valence-electron chi connectivity index (χ1n) is 11.1. The highest BCUT2D eigenvalue weighted by molar-refractivity contribution is 5.97. The minimum absolute atomic E-state index is 0.105. The Kier molecular flexibility index (Phi) is 8.82. The highest BCUT2D eigenvalue weighted by Gasteiger charge is 2.24. The first kappa shape index (κ1) is 26.0. The number of nitrogens with one attached hydrogen (secondary N) is 2. The van der Waals surface area contributed by atoms with Gasteiger partial charge in [0.05, 0.1) is 11.1 Å². The monoisotopic (exact) mass is 492 g/mol. The second kappa shape index (κ2) is 12.2. The lowest BCUT2D eigenvalue weighted by atomic mass is 10.0. The average molecular weight is 493 g/mol. The molecular weight excluding hydrogens is 467 g/mol. The van der Waals surface area contributed by atoms with E-state index < -0.39 is 28.6 Å². The summed E-state index contributed by atoms with van der Waals surface area (Å²) in [6.07, 6.45) is 1.26. The van der Waals surface area contributed by atoms with Gasteiger partial charge in [0.2, 0.25) is 0 Å². The van der Waals surface area contributed by atoms with Gasteiger partial charge in [-0.05, 0) is 47.9 Å². The fraction of sp³-hybridized carbons (Fsp3) is 0.192. The first-order valence-corrected chi connectivity index (χ1v) is 11.1. The van der Waals surface area contributed by atoms with Gasteiger partial charge >= 0.3 is 5.69 Å². The normalized spacial score (nSPS) is 11.8. The molecule has 2 amide bonds. The Hall–Kier alpha value is -4.60. The molecule has 10 heteroatoms. The van der Waals surface area contributed by atoms with Crippen LogP contribution in [0.1, 0.15) is 35.3 Å². The molecule has 0 aliphatic heterocycles. The summed E-state index contributed by atoms with van der Waals surface area (Å²) in [7, 11) is 0. The molecule has 0 radical (unpaired) electrons. The highest BCUT2D eigenvalue weighted by Crippen LogP contribution is 2.28. The molecule has 1 atom stereocenters. The van der Waals surface area contributed by atoms with Gasteiger partial charge in [-0.15, -0.1) is 0 Å². The van der Waals surface area contributed by atoms with E-state index in [0.29, 0.717) is 5.56 Å². The van der Waals surface area contributed by atoms with Crippen molar-refractivity contribution in [2.24, 2.45) is 11.0 Å². The van der Waals surface area contributed by atoms with Gasteiger partial charge in [0, 0.05) is 17.2 Å². The van der Waals surface area contributed by atoms with E-state index in [1.54, 1.807) is 19.9 Å². The van der Waals surface area contributed by atoms with Gasteiger partial charge in [0.1, 0.15) is 18.5 Å². The quantitative estimate of drug-likeness (QED) is 0.249. The molecule has 2 N–H and O–H groups in total. The molecule has 0 saturated heterocycles. The van der Waals surface area contributed by atoms with Crippen molar-refractivity contribution >= 4 is 23.7 Å². The van der Waals surface area contributed by atoms with Crippen molar-refractivity contribution in [2.75, 3.05) is 0 Å². The summed E-state index contributed by atoms with van der Waals surface area (Å²) in [5.74, 6) is -1.75. The fourth-order valence-electron chi connectivity index (χ4n) is 3.22. The second-order valence-electron chi connectivity index (χ2n) is 8.19. The topological polar surface area (TPSA) is 123 Å². The van der Waals surface area contributed by atoms with Gasteiger partial charge in [-0.2, -0.15) is 5.10 Å². The number of ether oxygens (including phenoxy) is 1. The Bertz CT molecular complexity index is 1250. The van der Waals surface area contributed by atoms with Crippen molar-refractivity contribution in [2.45, 2.75) is 26.5 Å². The van der Waals surface area contributed by atoms with Crippen LogP contribution in [0, 0.1) is 21.8 Å². The Morgan fingerprint density at radius 1 is 1.08 bits per heavy atom. The number of hydrogen-bond acceptors (Lipinski definition) is 6. The van der Waals surface area contributed by atoms with Gasteiger partial charge in [-0.1, -0.05) is 44.2 Å². The number of benzene rings is 3. The standard InChI is InChI=1S/C26H25FN4O5/c1-17(2)24(29-25(32)20-9-11-21(27)12-10-20)26(33)30-28-15-19-8-13-23(22(14-19)31(34)35)36-16-18-6-4-3-5-7-18/h3-15,17,24H,16H2,1-2H3,(H,29,32)(H,30,33). The zero-order valence-corrected chi connectivity index (χ0v) is 19.7. The number of carbonyl (C=O) groups excluding carboxylic acids is 2. The maximum Gasteiger partial charge on any atom is 0.311 e. The second-order valence-corrected chi connectivity index (χ2v) is 8.19. The van der Waals surface area contributed by atoms with Crippen LogP contribution in [0.3, 0.4) is 0 Å². The Labute approximate surface area is 207 Å². The summed E-state index contributed by atoms with van der Waals surface area (Å²) < 4.78 is 18.7. The Morgan fingerprint density at radius 3 is 2.42 bits per heavy atom.